The van der Waals surface area contributed by atoms with Crippen LogP contribution in [0.25, 0.3) is 0 Å². The zero-order chi connectivity index (χ0) is 30.8. The Morgan fingerprint density at radius 3 is 1.83 bits per heavy atom. The molecule has 0 aliphatic heterocycles. The van der Waals surface area contributed by atoms with Crippen LogP contribution in [0.15, 0.2) is 12.2 Å². The van der Waals surface area contributed by atoms with E-state index in [2.05, 4.69) is 19.2 Å². The summed E-state index contributed by atoms with van der Waals surface area (Å²) in [5, 5.41) is 13.5. The molecular weight excluding hydrogens is 539 g/mol. The summed E-state index contributed by atoms with van der Waals surface area (Å²) in [4.78, 5) is 24.6. The summed E-state index contributed by atoms with van der Waals surface area (Å²) in [6.45, 7) is 4.44. The van der Waals surface area contributed by atoms with Crippen molar-refractivity contribution >= 4 is 13.7 Å². The molecule has 3 unspecified atom stereocenters. The smallest absolute Gasteiger partial charge is 0.268 e. The minimum absolute atomic E-state index is 0.0000285. The van der Waals surface area contributed by atoms with Gasteiger partial charge in [-0.2, -0.15) is 0 Å². The number of amides is 1. The van der Waals surface area contributed by atoms with Gasteiger partial charge in [0.25, 0.3) is 7.82 Å². The van der Waals surface area contributed by atoms with E-state index < -0.39 is 20.0 Å². The fraction of sp³-hybridized carbons (Fsp3) is 0.906. The number of aliphatic hydroxyl groups excluding tert-OH is 1. The Hall–Kier alpha value is -0.760. The van der Waals surface area contributed by atoms with Crippen LogP contribution in [0.5, 0.6) is 0 Å². The minimum atomic E-state index is -4.55. The van der Waals surface area contributed by atoms with Gasteiger partial charge < -0.3 is 28.8 Å². The maximum absolute atomic E-state index is 12.4. The molecule has 1 amide bonds. The van der Waals surface area contributed by atoms with Gasteiger partial charge in [0.2, 0.25) is 5.91 Å². The Morgan fingerprint density at radius 1 is 0.829 bits per heavy atom. The molecule has 8 nitrogen and oxygen atoms in total. The summed E-state index contributed by atoms with van der Waals surface area (Å²) in [6, 6.07) is -0.874. The van der Waals surface area contributed by atoms with Crippen molar-refractivity contribution in [1.29, 1.82) is 0 Å². The number of phosphoric ester groups is 1. The molecular formula is C32H65N2O6P. The molecule has 9 heteroatoms. The van der Waals surface area contributed by atoms with Gasteiger partial charge in [0.15, 0.2) is 0 Å². The van der Waals surface area contributed by atoms with E-state index in [0.717, 1.165) is 38.5 Å². The van der Waals surface area contributed by atoms with Gasteiger partial charge in [0.1, 0.15) is 13.2 Å². The van der Waals surface area contributed by atoms with Gasteiger partial charge in [-0.05, 0) is 19.3 Å². The van der Waals surface area contributed by atoms with Crippen molar-refractivity contribution in [1.82, 2.24) is 5.32 Å². The second-order valence-corrected chi connectivity index (χ2v) is 13.9. The maximum Gasteiger partial charge on any atom is 0.268 e. The molecule has 0 aromatic rings. The van der Waals surface area contributed by atoms with Crippen LogP contribution >= 0.6 is 7.82 Å². The summed E-state index contributed by atoms with van der Waals surface area (Å²) in [6.07, 6.45) is 24.7. The van der Waals surface area contributed by atoms with Crippen LogP contribution in [0.3, 0.4) is 0 Å². The van der Waals surface area contributed by atoms with Gasteiger partial charge in [-0.15, -0.1) is 0 Å². The van der Waals surface area contributed by atoms with Gasteiger partial charge in [0.05, 0.1) is 39.9 Å². The number of nitrogens with one attached hydrogen (secondary N) is 1. The highest BCUT2D eigenvalue weighted by Crippen LogP contribution is 2.38. The highest BCUT2D eigenvalue weighted by molar-refractivity contribution is 7.45. The number of carbonyl (C=O) groups is 1. The quantitative estimate of drug-likeness (QED) is 0.0410. The number of unbranched alkanes of at least 4 members (excludes halogenated alkanes) is 16. The lowest BCUT2D eigenvalue weighted by atomic mass is 10.0. The minimum Gasteiger partial charge on any atom is -0.756 e. The number of hydrogen-bond donors (Lipinski definition) is 2. The zero-order valence-corrected chi connectivity index (χ0v) is 28.1. The molecule has 2 N–H and O–H groups in total. The summed E-state index contributed by atoms with van der Waals surface area (Å²) < 4.78 is 22.8. The van der Waals surface area contributed by atoms with Crippen LogP contribution in [0.2, 0.25) is 0 Å². The molecule has 0 aliphatic rings. The van der Waals surface area contributed by atoms with Gasteiger partial charge >= 0.3 is 0 Å². The lowest BCUT2D eigenvalue weighted by Crippen LogP contribution is -2.45. The summed E-state index contributed by atoms with van der Waals surface area (Å²) >= 11 is 0. The third-order valence-electron chi connectivity index (χ3n) is 7.25. The average Bonchev–Trinajstić information content (AvgIpc) is 2.90. The number of rotatable bonds is 29. The predicted molar refractivity (Wildman–Crippen MR) is 169 cm³/mol. The number of aliphatic hydroxyl groups is 1. The first-order valence-corrected chi connectivity index (χ1v) is 18.0. The van der Waals surface area contributed by atoms with Crippen LogP contribution in [0, 0.1) is 0 Å². The largest absolute Gasteiger partial charge is 0.756 e. The van der Waals surface area contributed by atoms with Gasteiger partial charge in [0, 0.05) is 6.42 Å². The molecule has 0 radical (unpaired) electrons. The van der Waals surface area contributed by atoms with Crippen LogP contribution in [0.1, 0.15) is 136 Å². The van der Waals surface area contributed by atoms with E-state index >= 15 is 0 Å². The molecule has 0 heterocycles. The first kappa shape index (κ1) is 40.2. The molecule has 0 rings (SSSR count). The van der Waals surface area contributed by atoms with Crippen molar-refractivity contribution in [2.24, 2.45) is 0 Å². The monoisotopic (exact) mass is 604 g/mol. The van der Waals surface area contributed by atoms with Crippen molar-refractivity contribution in [3.05, 3.63) is 12.2 Å². The van der Waals surface area contributed by atoms with Crippen molar-refractivity contribution in [3.8, 4) is 0 Å². The number of carbonyl (C=O) groups excluding carboxylic acids is 1. The third kappa shape index (κ3) is 27.8. The van der Waals surface area contributed by atoms with Crippen LogP contribution in [0.4, 0.5) is 0 Å². The van der Waals surface area contributed by atoms with Crippen molar-refractivity contribution in [3.63, 3.8) is 0 Å². The topological polar surface area (TPSA) is 108 Å². The Balaban J connectivity index is 4.34. The Kier molecular flexibility index (Phi) is 25.2. The average molecular weight is 605 g/mol. The van der Waals surface area contributed by atoms with Gasteiger partial charge in [-0.3, -0.25) is 9.36 Å². The fourth-order valence-corrected chi connectivity index (χ4v) is 5.22. The van der Waals surface area contributed by atoms with Crippen molar-refractivity contribution in [2.75, 3.05) is 40.9 Å². The summed E-state index contributed by atoms with van der Waals surface area (Å²) in [5.41, 5.74) is 0. The van der Waals surface area contributed by atoms with E-state index in [-0.39, 0.29) is 19.1 Å². The van der Waals surface area contributed by atoms with Crippen LogP contribution < -0.4 is 10.2 Å². The van der Waals surface area contributed by atoms with E-state index in [9.17, 15) is 19.4 Å². The summed E-state index contributed by atoms with van der Waals surface area (Å²) in [7, 11) is 1.26. The first-order valence-electron chi connectivity index (χ1n) is 16.6. The molecule has 0 aromatic heterocycles. The van der Waals surface area contributed by atoms with Crippen molar-refractivity contribution < 1.29 is 32.9 Å². The highest BCUT2D eigenvalue weighted by Gasteiger charge is 2.23. The standard InChI is InChI=1S/C32H65N2O6P/c1-6-8-10-11-12-13-14-15-16-17-18-19-20-21-22-24-25-31(35)30(33-32(36)26-23-9-7-2)29-40-41(37,38)39-28-27-34(3,4)5/h24-25,30-31,35H,6-23,26-29H2,1-5H3,(H-,33,36,37,38)/b25-24+. The molecule has 244 valence electrons. The molecule has 0 bridgehead atoms. The number of allylic oxidation sites excluding steroid dienone is 1. The Labute approximate surface area is 252 Å². The predicted octanol–water partition coefficient (Wildman–Crippen LogP) is 7.05. The number of hydrogen-bond acceptors (Lipinski definition) is 6. The molecule has 0 saturated carbocycles. The number of phosphoric acid groups is 1. The lowest BCUT2D eigenvalue weighted by Gasteiger charge is -2.29. The normalized spacial score (nSPS) is 15.2. The SMILES string of the molecule is CCCCCCCCCCCCCCCC/C=C/C(O)C(COP(=O)([O-])OCC[N+](C)(C)C)NC(=O)CCCCC. The summed E-state index contributed by atoms with van der Waals surface area (Å²) in [5.74, 6) is -0.224. The number of quaternary nitrogens is 1. The maximum atomic E-state index is 12.4. The molecule has 3 atom stereocenters. The third-order valence-corrected chi connectivity index (χ3v) is 8.21. The second kappa shape index (κ2) is 25.7. The van der Waals surface area contributed by atoms with E-state index in [0.29, 0.717) is 17.4 Å². The number of likely N-dealkylation sites (N-methyl/N-ethyl adjacent to an activating group) is 1. The molecule has 0 spiro atoms. The van der Waals surface area contributed by atoms with Gasteiger partial charge in [-0.1, -0.05) is 122 Å². The van der Waals surface area contributed by atoms with Crippen LogP contribution in [-0.4, -0.2) is 68.5 Å². The van der Waals surface area contributed by atoms with E-state index in [1.807, 2.05) is 27.2 Å². The number of nitrogens with zero attached hydrogens (tertiary/aromatic N) is 1. The first-order chi connectivity index (χ1) is 19.5. The highest BCUT2D eigenvalue weighted by atomic mass is 31.2. The zero-order valence-electron chi connectivity index (χ0n) is 27.2. The Bertz CT molecular complexity index is 698. The molecule has 0 aromatic carbocycles. The molecule has 0 fully saturated rings. The van der Waals surface area contributed by atoms with Crippen molar-refractivity contribution in [2.45, 2.75) is 148 Å². The molecule has 41 heavy (non-hydrogen) atoms. The lowest BCUT2D eigenvalue weighted by molar-refractivity contribution is -0.870. The van der Waals surface area contributed by atoms with E-state index in [1.54, 1.807) is 6.08 Å². The van der Waals surface area contributed by atoms with E-state index in [4.69, 9.17) is 9.05 Å². The fourth-order valence-electron chi connectivity index (χ4n) is 4.50. The molecule has 0 saturated heterocycles. The Morgan fingerprint density at radius 2 is 1.32 bits per heavy atom. The molecule has 0 aliphatic carbocycles. The van der Waals surface area contributed by atoms with Gasteiger partial charge in [-0.25, -0.2) is 0 Å². The second-order valence-electron chi connectivity index (χ2n) is 12.5. The van der Waals surface area contributed by atoms with Crippen LogP contribution in [-0.2, 0) is 18.4 Å². The van der Waals surface area contributed by atoms with E-state index in [1.165, 1.54) is 77.0 Å².